The Morgan fingerprint density at radius 3 is 2.56 bits per heavy atom. The number of aromatic nitrogens is 3. The van der Waals surface area contributed by atoms with Crippen molar-refractivity contribution >= 4 is 11.9 Å². The molecule has 0 aliphatic heterocycles. The fourth-order valence-corrected chi connectivity index (χ4v) is 2.21. The number of ether oxygens (including phenoxy) is 2. The van der Waals surface area contributed by atoms with Gasteiger partial charge in [0.25, 0.3) is 5.91 Å². The van der Waals surface area contributed by atoms with Crippen LogP contribution in [0.5, 0.6) is 11.5 Å². The van der Waals surface area contributed by atoms with Crippen LogP contribution in [0.15, 0.2) is 42.5 Å². The molecule has 0 saturated heterocycles. The van der Waals surface area contributed by atoms with Crippen LogP contribution in [-0.2, 0) is 0 Å². The first-order valence-electron chi connectivity index (χ1n) is 7.32. The number of amides is 1. The molecule has 0 aliphatic carbocycles. The third-order valence-electron chi connectivity index (χ3n) is 3.48. The molecule has 7 nitrogen and oxygen atoms in total. The van der Waals surface area contributed by atoms with Crippen molar-refractivity contribution in [3.63, 3.8) is 0 Å². The third-order valence-corrected chi connectivity index (χ3v) is 3.48. The van der Waals surface area contributed by atoms with E-state index in [2.05, 4.69) is 20.5 Å². The smallest absolute Gasteiger partial charge is 0.258 e. The van der Waals surface area contributed by atoms with E-state index in [4.69, 9.17) is 9.47 Å². The summed E-state index contributed by atoms with van der Waals surface area (Å²) in [5.74, 6) is 0.864. The summed E-state index contributed by atoms with van der Waals surface area (Å²) >= 11 is 0. The standard InChI is InChI=1S/C17H15FN4O3/c1-24-12-7-8-13(14(9-12)25-2)15-19-17(22-21-15)20-16(23)10-3-5-11(18)6-4-10/h3-9H,1-2H3,(H2,19,20,21,22,23). The van der Waals surface area contributed by atoms with Crippen molar-refractivity contribution < 1.29 is 18.7 Å². The monoisotopic (exact) mass is 342 g/mol. The van der Waals surface area contributed by atoms with Crippen LogP contribution >= 0.6 is 0 Å². The van der Waals surface area contributed by atoms with Gasteiger partial charge in [0, 0.05) is 11.6 Å². The van der Waals surface area contributed by atoms with Gasteiger partial charge in [0.15, 0.2) is 5.82 Å². The van der Waals surface area contributed by atoms with Gasteiger partial charge in [0.1, 0.15) is 17.3 Å². The molecular weight excluding hydrogens is 327 g/mol. The third kappa shape index (κ3) is 3.57. The van der Waals surface area contributed by atoms with Crippen molar-refractivity contribution in [2.75, 3.05) is 19.5 Å². The Labute approximate surface area is 142 Å². The second-order valence-electron chi connectivity index (χ2n) is 5.03. The second kappa shape index (κ2) is 7.00. The molecule has 0 atom stereocenters. The van der Waals surface area contributed by atoms with Crippen LogP contribution in [0.2, 0.25) is 0 Å². The molecule has 2 N–H and O–H groups in total. The lowest BCUT2D eigenvalue weighted by Crippen LogP contribution is -2.12. The number of carbonyl (C=O) groups is 1. The quantitative estimate of drug-likeness (QED) is 0.744. The van der Waals surface area contributed by atoms with Gasteiger partial charge in [-0.25, -0.2) is 4.39 Å². The Kier molecular flexibility index (Phi) is 4.60. The summed E-state index contributed by atoms with van der Waals surface area (Å²) in [7, 11) is 3.10. The fourth-order valence-electron chi connectivity index (χ4n) is 2.21. The van der Waals surface area contributed by atoms with Crippen LogP contribution in [0.4, 0.5) is 10.3 Å². The highest BCUT2D eigenvalue weighted by Gasteiger charge is 2.14. The molecular formula is C17H15FN4O3. The van der Waals surface area contributed by atoms with Crippen molar-refractivity contribution in [1.82, 2.24) is 15.2 Å². The molecule has 1 aromatic heterocycles. The van der Waals surface area contributed by atoms with Crippen LogP contribution in [0, 0.1) is 5.82 Å². The number of carbonyl (C=O) groups excluding carboxylic acids is 1. The minimum atomic E-state index is -0.438. The van der Waals surface area contributed by atoms with E-state index < -0.39 is 11.7 Å². The van der Waals surface area contributed by atoms with Gasteiger partial charge in [-0.3, -0.25) is 15.2 Å². The molecule has 0 saturated carbocycles. The molecule has 0 spiro atoms. The van der Waals surface area contributed by atoms with Crippen molar-refractivity contribution in [2.24, 2.45) is 0 Å². The lowest BCUT2D eigenvalue weighted by Gasteiger charge is -2.07. The van der Waals surface area contributed by atoms with Gasteiger partial charge < -0.3 is 9.47 Å². The first-order chi connectivity index (χ1) is 12.1. The van der Waals surface area contributed by atoms with Crippen LogP contribution in [0.3, 0.4) is 0 Å². The number of hydrogen-bond acceptors (Lipinski definition) is 5. The molecule has 0 radical (unpaired) electrons. The molecule has 3 aromatic rings. The molecule has 0 fully saturated rings. The summed E-state index contributed by atoms with van der Waals surface area (Å²) in [6.07, 6.45) is 0. The number of methoxy groups -OCH3 is 2. The van der Waals surface area contributed by atoms with Crippen LogP contribution in [0.1, 0.15) is 10.4 Å². The van der Waals surface area contributed by atoms with Gasteiger partial charge in [-0.2, -0.15) is 4.98 Å². The van der Waals surface area contributed by atoms with E-state index in [0.717, 1.165) is 0 Å². The number of anilines is 1. The minimum Gasteiger partial charge on any atom is -0.497 e. The summed E-state index contributed by atoms with van der Waals surface area (Å²) in [6.45, 7) is 0. The van der Waals surface area contributed by atoms with Crippen LogP contribution in [0.25, 0.3) is 11.4 Å². The molecule has 2 aromatic carbocycles. The Morgan fingerprint density at radius 1 is 1.12 bits per heavy atom. The highest BCUT2D eigenvalue weighted by atomic mass is 19.1. The predicted octanol–water partition coefficient (Wildman–Crippen LogP) is 2.88. The molecule has 25 heavy (non-hydrogen) atoms. The maximum atomic E-state index is 12.9. The zero-order valence-electron chi connectivity index (χ0n) is 13.5. The first kappa shape index (κ1) is 16.4. The van der Waals surface area contributed by atoms with Gasteiger partial charge in [-0.05, 0) is 36.4 Å². The Balaban J connectivity index is 1.81. The first-order valence-corrected chi connectivity index (χ1v) is 7.32. The predicted molar refractivity (Wildman–Crippen MR) is 89.3 cm³/mol. The number of rotatable bonds is 5. The number of benzene rings is 2. The van der Waals surface area contributed by atoms with E-state index in [9.17, 15) is 9.18 Å². The average molecular weight is 342 g/mol. The maximum absolute atomic E-state index is 12.9. The number of H-pyrrole nitrogens is 1. The van der Waals surface area contributed by atoms with Crippen LogP contribution in [-0.4, -0.2) is 35.3 Å². The summed E-state index contributed by atoms with van der Waals surface area (Å²) in [5, 5.41) is 9.26. The Hall–Kier alpha value is -3.42. The molecule has 0 aliphatic rings. The van der Waals surface area contributed by atoms with E-state index >= 15 is 0 Å². The number of hydrogen-bond donors (Lipinski definition) is 2. The van der Waals surface area contributed by atoms with Crippen molar-refractivity contribution in [1.29, 1.82) is 0 Å². The molecule has 3 rings (SSSR count). The van der Waals surface area contributed by atoms with Gasteiger partial charge in [-0.15, -0.1) is 5.10 Å². The van der Waals surface area contributed by atoms with E-state index in [1.165, 1.54) is 31.4 Å². The lowest BCUT2D eigenvalue weighted by molar-refractivity contribution is 0.102. The number of nitrogens with zero attached hydrogens (tertiary/aromatic N) is 2. The number of halogens is 1. The van der Waals surface area contributed by atoms with E-state index in [1.54, 1.807) is 25.3 Å². The topological polar surface area (TPSA) is 89.1 Å². The maximum Gasteiger partial charge on any atom is 0.258 e. The largest absolute Gasteiger partial charge is 0.497 e. The normalized spacial score (nSPS) is 10.4. The fraction of sp³-hybridized carbons (Fsp3) is 0.118. The highest BCUT2D eigenvalue weighted by molar-refractivity contribution is 6.03. The van der Waals surface area contributed by atoms with Crippen molar-refractivity contribution in [3.8, 4) is 22.9 Å². The molecule has 1 amide bonds. The van der Waals surface area contributed by atoms with Gasteiger partial charge >= 0.3 is 0 Å². The highest BCUT2D eigenvalue weighted by Crippen LogP contribution is 2.31. The SMILES string of the molecule is COc1ccc(-c2nc(NC(=O)c3ccc(F)cc3)n[nH]2)c(OC)c1. The zero-order valence-corrected chi connectivity index (χ0v) is 13.5. The molecule has 0 unspecified atom stereocenters. The summed E-state index contributed by atoms with van der Waals surface area (Å²) in [5.41, 5.74) is 0.966. The summed E-state index contributed by atoms with van der Waals surface area (Å²) in [4.78, 5) is 16.3. The minimum absolute atomic E-state index is 0.0993. The molecule has 0 bridgehead atoms. The van der Waals surface area contributed by atoms with E-state index in [0.29, 0.717) is 28.5 Å². The van der Waals surface area contributed by atoms with Crippen LogP contribution < -0.4 is 14.8 Å². The van der Waals surface area contributed by atoms with E-state index in [-0.39, 0.29) is 5.95 Å². The average Bonchev–Trinajstić information content (AvgIpc) is 3.09. The molecule has 1 heterocycles. The van der Waals surface area contributed by atoms with Gasteiger partial charge in [-0.1, -0.05) is 0 Å². The second-order valence-corrected chi connectivity index (χ2v) is 5.03. The van der Waals surface area contributed by atoms with Gasteiger partial charge in [0.05, 0.1) is 19.8 Å². The molecule has 8 heteroatoms. The van der Waals surface area contributed by atoms with E-state index in [1.807, 2.05) is 0 Å². The Morgan fingerprint density at radius 2 is 1.88 bits per heavy atom. The number of aromatic amines is 1. The zero-order chi connectivity index (χ0) is 17.8. The Bertz CT molecular complexity index is 893. The van der Waals surface area contributed by atoms with Crippen molar-refractivity contribution in [3.05, 3.63) is 53.8 Å². The summed E-state index contributed by atoms with van der Waals surface area (Å²) in [6, 6.07) is 10.4. The summed E-state index contributed by atoms with van der Waals surface area (Å²) < 4.78 is 23.4. The lowest BCUT2D eigenvalue weighted by atomic mass is 10.2. The van der Waals surface area contributed by atoms with Gasteiger partial charge in [0.2, 0.25) is 5.95 Å². The molecule has 128 valence electrons. The number of nitrogens with one attached hydrogen (secondary N) is 2. The van der Waals surface area contributed by atoms with Crippen molar-refractivity contribution in [2.45, 2.75) is 0 Å².